The first-order chi connectivity index (χ1) is 13.4. The van der Waals surface area contributed by atoms with Crippen molar-refractivity contribution < 1.29 is 4.74 Å². The van der Waals surface area contributed by atoms with Crippen molar-refractivity contribution in [3.05, 3.63) is 23.8 Å². The average Bonchev–Trinajstić information content (AvgIpc) is 3.00. The highest BCUT2D eigenvalue weighted by Gasteiger charge is 2.56. The van der Waals surface area contributed by atoms with Crippen molar-refractivity contribution in [2.24, 2.45) is 28.6 Å². The van der Waals surface area contributed by atoms with Gasteiger partial charge in [0.05, 0.1) is 12.7 Å². The van der Waals surface area contributed by atoms with Crippen LogP contribution >= 0.6 is 0 Å². The third-order valence-electron chi connectivity index (χ3n) is 9.67. The van der Waals surface area contributed by atoms with Crippen molar-refractivity contribution in [1.29, 1.82) is 0 Å². The largest absolute Gasteiger partial charge is 0.377 e. The Balaban J connectivity index is 1.42. The van der Waals surface area contributed by atoms with Crippen LogP contribution in [0.4, 0.5) is 0 Å². The van der Waals surface area contributed by atoms with Crippen molar-refractivity contribution >= 4 is 0 Å². The van der Waals surface area contributed by atoms with Crippen molar-refractivity contribution in [3.8, 4) is 0 Å². The van der Waals surface area contributed by atoms with Crippen molar-refractivity contribution in [2.75, 3.05) is 26.2 Å². The summed E-state index contributed by atoms with van der Waals surface area (Å²) in [6.07, 6.45) is 13.7. The van der Waals surface area contributed by atoms with E-state index in [1.54, 1.807) is 11.1 Å². The lowest BCUT2D eigenvalue weighted by molar-refractivity contribution is -0.0426. The molecule has 6 atom stereocenters. The lowest BCUT2D eigenvalue weighted by Crippen LogP contribution is -2.49. The Bertz CT molecular complexity index is 620. The summed E-state index contributed by atoms with van der Waals surface area (Å²) in [5.41, 5.74) is 4.18. The third kappa shape index (κ3) is 3.33. The topological polar surface area (TPSA) is 12.5 Å². The molecule has 0 radical (unpaired) electrons. The van der Waals surface area contributed by atoms with Crippen LogP contribution in [0.1, 0.15) is 79.1 Å². The Morgan fingerprint density at radius 2 is 1.79 bits per heavy atom. The molecule has 0 aliphatic heterocycles. The Kier molecular flexibility index (Phi) is 5.84. The predicted octanol–water partition coefficient (Wildman–Crippen LogP) is 6.23. The molecule has 158 valence electrons. The van der Waals surface area contributed by atoms with Gasteiger partial charge in [0.1, 0.15) is 0 Å². The maximum Gasteiger partial charge on any atom is 0.0613 e. The van der Waals surface area contributed by atoms with Gasteiger partial charge in [0.15, 0.2) is 0 Å². The maximum absolute atomic E-state index is 6.35. The number of ether oxygens (including phenoxy) is 1. The molecule has 0 aromatic carbocycles. The molecule has 3 saturated carbocycles. The second-order valence-corrected chi connectivity index (χ2v) is 10.6. The van der Waals surface area contributed by atoms with Crippen LogP contribution in [0.5, 0.6) is 0 Å². The Morgan fingerprint density at radius 1 is 1.07 bits per heavy atom. The van der Waals surface area contributed by atoms with Gasteiger partial charge in [0.2, 0.25) is 0 Å². The van der Waals surface area contributed by atoms with E-state index in [9.17, 15) is 0 Å². The predicted molar refractivity (Wildman–Crippen MR) is 118 cm³/mol. The first kappa shape index (κ1) is 20.7. The monoisotopic (exact) mass is 385 g/mol. The van der Waals surface area contributed by atoms with Gasteiger partial charge in [0, 0.05) is 6.54 Å². The molecule has 0 N–H and O–H groups in total. The molecular formula is C26H43NO. The molecule has 4 aliphatic carbocycles. The van der Waals surface area contributed by atoms with Crippen molar-refractivity contribution in [2.45, 2.75) is 85.2 Å². The molecule has 28 heavy (non-hydrogen) atoms. The third-order valence-corrected chi connectivity index (χ3v) is 9.67. The highest BCUT2D eigenvalue weighted by molar-refractivity contribution is 5.28. The van der Waals surface area contributed by atoms with E-state index in [0.717, 1.165) is 44.0 Å². The van der Waals surface area contributed by atoms with Gasteiger partial charge in [-0.1, -0.05) is 51.5 Å². The van der Waals surface area contributed by atoms with Gasteiger partial charge in [0.25, 0.3) is 0 Å². The second-order valence-electron chi connectivity index (χ2n) is 10.6. The fourth-order valence-corrected chi connectivity index (χ4v) is 7.57. The highest BCUT2D eigenvalue weighted by atomic mass is 16.5. The van der Waals surface area contributed by atoms with Crippen LogP contribution in [0.15, 0.2) is 23.8 Å². The highest BCUT2D eigenvalue weighted by Crippen LogP contribution is 2.65. The number of fused-ring (bicyclic) bond motifs is 5. The zero-order valence-electron chi connectivity index (χ0n) is 18.9. The molecule has 2 heteroatoms. The molecule has 4 rings (SSSR count). The molecule has 0 bridgehead atoms. The molecule has 0 aromatic rings. The van der Waals surface area contributed by atoms with Gasteiger partial charge < -0.3 is 9.64 Å². The molecular weight excluding hydrogens is 342 g/mol. The zero-order valence-corrected chi connectivity index (χ0v) is 18.9. The SMILES string of the molecule is C=C1CC[C@H]2[C@@H]3CC=C4C[C@@H](OCCN(CC)CC)CC[C@]4(C)[C@H]3CC[C@]12C. The molecule has 0 saturated heterocycles. The van der Waals surface area contributed by atoms with Crippen LogP contribution in [-0.2, 0) is 4.74 Å². The summed E-state index contributed by atoms with van der Waals surface area (Å²) in [4.78, 5) is 2.46. The van der Waals surface area contributed by atoms with E-state index in [4.69, 9.17) is 4.74 Å². The molecule has 0 amide bonds. The molecule has 0 spiro atoms. The molecule has 4 aliphatic rings. The fourth-order valence-electron chi connectivity index (χ4n) is 7.57. The first-order valence-electron chi connectivity index (χ1n) is 12.1. The second kappa shape index (κ2) is 7.91. The molecule has 3 fully saturated rings. The van der Waals surface area contributed by atoms with E-state index in [1.807, 2.05) is 0 Å². The van der Waals surface area contributed by atoms with E-state index in [-0.39, 0.29) is 0 Å². The van der Waals surface area contributed by atoms with Crippen LogP contribution < -0.4 is 0 Å². The van der Waals surface area contributed by atoms with Crippen LogP contribution in [-0.4, -0.2) is 37.2 Å². The maximum atomic E-state index is 6.35. The molecule has 2 nitrogen and oxygen atoms in total. The van der Waals surface area contributed by atoms with Crippen molar-refractivity contribution in [3.63, 3.8) is 0 Å². The number of likely N-dealkylation sites (N-methyl/N-ethyl adjacent to an activating group) is 1. The van der Waals surface area contributed by atoms with E-state index in [2.05, 4.69) is 45.2 Å². The summed E-state index contributed by atoms with van der Waals surface area (Å²) in [7, 11) is 0. The standard InChI is InChI=1S/C26H43NO/c1-6-27(7-2)16-17-28-21-12-14-26(5)20(18-21)9-10-22-23-11-8-19(3)25(23,4)15-13-24(22)26/h9,21-24H,3,6-8,10-18H2,1-2,4-5H3/t21-,22-,23-,24-,25+,26-/m0/s1. The van der Waals surface area contributed by atoms with E-state index < -0.39 is 0 Å². The molecule has 0 heterocycles. The quantitative estimate of drug-likeness (QED) is 0.502. The Hall–Kier alpha value is -0.600. The smallest absolute Gasteiger partial charge is 0.0613 e. The van der Waals surface area contributed by atoms with Gasteiger partial charge >= 0.3 is 0 Å². The minimum absolute atomic E-state index is 0.437. The van der Waals surface area contributed by atoms with Gasteiger partial charge in [-0.05, 0) is 93.0 Å². The van der Waals surface area contributed by atoms with Crippen LogP contribution in [0.25, 0.3) is 0 Å². The number of nitrogens with zero attached hydrogens (tertiary/aromatic N) is 1. The van der Waals surface area contributed by atoms with Crippen molar-refractivity contribution in [1.82, 2.24) is 4.90 Å². The summed E-state index contributed by atoms with van der Waals surface area (Å²) in [6.45, 7) is 18.3. The minimum Gasteiger partial charge on any atom is -0.377 e. The normalized spacial score (nSPS) is 42.8. The minimum atomic E-state index is 0.437. The van der Waals surface area contributed by atoms with Gasteiger partial charge in [-0.25, -0.2) is 0 Å². The van der Waals surface area contributed by atoms with Crippen LogP contribution in [0, 0.1) is 28.6 Å². The summed E-state index contributed by atoms with van der Waals surface area (Å²) >= 11 is 0. The Morgan fingerprint density at radius 3 is 2.54 bits per heavy atom. The average molecular weight is 386 g/mol. The summed E-state index contributed by atoms with van der Waals surface area (Å²) in [6, 6.07) is 0. The summed E-state index contributed by atoms with van der Waals surface area (Å²) in [5.74, 6) is 2.68. The van der Waals surface area contributed by atoms with E-state index in [1.165, 1.54) is 51.4 Å². The van der Waals surface area contributed by atoms with Gasteiger partial charge in [-0.15, -0.1) is 0 Å². The number of rotatable bonds is 6. The van der Waals surface area contributed by atoms with Gasteiger partial charge in [-0.2, -0.15) is 0 Å². The van der Waals surface area contributed by atoms with Crippen LogP contribution in [0.2, 0.25) is 0 Å². The summed E-state index contributed by atoms with van der Waals surface area (Å²) < 4.78 is 6.35. The molecule has 0 unspecified atom stereocenters. The van der Waals surface area contributed by atoms with E-state index in [0.29, 0.717) is 16.9 Å². The first-order valence-corrected chi connectivity index (χ1v) is 12.1. The fraction of sp³-hybridized carbons (Fsp3) is 0.846. The van der Waals surface area contributed by atoms with Gasteiger partial charge in [-0.3, -0.25) is 0 Å². The number of allylic oxidation sites excluding steroid dienone is 2. The Labute approximate surface area is 173 Å². The lowest BCUT2D eigenvalue weighted by Gasteiger charge is -2.57. The molecule has 0 aromatic heterocycles. The lowest BCUT2D eigenvalue weighted by atomic mass is 9.48. The zero-order chi connectivity index (χ0) is 19.9. The van der Waals surface area contributed by atoms with Crippen LogP contribution in [0.3, 0.4) is 0 Å². The number of hydrogen-bond acceptors (Lipinski definition) is 2. The number of hydrogen-bond donors (Lipinski definition) is 0. The summed E-state index contributed by atoms with van der Waals surface area (Å²) in [5, 5.41) is 0. The van der Waals surface area contributed by atoms with E-state index >= 15 is 0 Å².